The van der Waals surface area contributed by atoms with E-state index in [4.69, 9.17) is 28.9 Å². The second-order valence-corrected chi connectivity index (χ2v) is 5.27. The number of nitrogens with one attached hydrogen (secondary N) is 1. The van der Waals surface area contributed by atoms with E-state index in [2.05, 4.69) is 10.3 Å². The number of nitro groups is 1. The van der Waals surface area contributed by atoms with Gasteiger partial charge in [-0.3, -0.25) is 10.1 Å². The summed E-state index contributed by atoms with van der Waals surface area (Å²) in [5.41, 5.74) is 6.24. The van der Waals surface area contributed by atoms with Crippen LogP contribution in [0.3, 0.4) is 0 Å². The fraction of sp³-hybridized carbons (Fsp3) is 0.154. The van der Waals surface area contributed by atoms with Crippen molar-refractivity contribution < 1.29 is 4.92 Å². The van der Waals surface area contributed by atoms with E-state index in [-0.39, 0.29) is 17.5 Å². The molecule has 3 N–H and O–H groups in total. The van der Waals surface area contributed by atoms with Gasteiger partial charge in [0.05, 0.1) is 23.1 Å². The van der Waals surface area contributed by atoms with Crippen molar-refractivity contribution in [3.05, 3.63) is 56.1 Å². The molecule has 0 bridgehead atoms. The number of halogens is 2. The highest BCUT2D eigenvalue weighted by atomic mass is 35.5. The first-order valence-corrected chi connectivity index (χ1v) is 6.76. The van der Waals surface area contributed by atoms with Gasteiger partial charge in [-0.25, -0.2) is 4.98 Å². The molecular weight excluding hydrogens is 315 g/mol. The maximum absolute atomic E-state index is 10.8. The number of hydrogen-bond acceptors (Lipinski definition) is 5. The molecule has 2 aromatic rings. The number of anilines is 2. The van der Waals surface area contributed by atoms with Crippen LogP contribution in [0.4, 0.5) is 17.3 Å². The van der Waals surface area contributed by atoms with Crippen molar-refractivity contribution in [1.29, 1.82) is 0 Å². The molecule has 0 aliphatic heterocycles. The molecule has 1 aromatic heterocycles. The molecule has 1 atom stereocenters. The smallest absolute Gasteiger partial charge is 0.276 e. The third kappa shape index (κ3) is 3.74. The van der Waals surface area contributed by atoms with Crippen LogP contribution in [0.2, 0.25) is 10.0 Å². The number of aromatic nitrogens is 1. The molecule has 0 saturated heterocycles. The minimum atomic E-state index is -0.525. The Hall–Kier alpha value is -2.05. The lowest BCUT2D eigenvalue weighted by atomic mass is 10.1. The van der Waals surface area contributed by atoms with Crippen LogP contribution in [0, 0.1) is 10.1 Å². The lowest BCUT2D eigenvalue weighted by Gasteiger charge is -2.16. The van der Waals surface area contributed by atoms with Crippen molar-refractivity contribution in [3.63, 3.8) is 0 Å². The molecular formula is C13H12Cl2N4O2. The maximum atomic E-state index is 10.8. The Morgan fingerprint density at radius 1 is 1.33 bits per heavy atom. The predicted octanol–water partition coefficient (Wildman–Crippen LogP) is 4.05. The Morgan fingerprint density at radius 2 is 2.05 bits per heavy atom. The number of nitrogen functional groups attached to an aromatic ring is 1. The van der Waals surface area contributed by atoms with E-state index in [1.165, 1.54) is 12.1 Å². The third-order valence-corrected chi connectivity index (χ3v) is 3.40. The number of pyridine rings is 1. The van der Waals surface area contributed by atoms with Crippen molar-refractivity contribution in [2.45, 2.75) is 13.0 Å². The number of nitrogens with two attached hydrogens (primary N) is 1. The van der Waals surface area contributed by atoms with Crippen LogP contribution in [0.1, 0.15) is 18.5 Å². The monoisotopic (exact) mass is 326 g/mol. The number of nitrogens with zero attached hydrogens (tertiary/aromatic N) is 2. The average Bonchev–Trinajstić information content (AvgIpc) is 2.37. The first-order chi connectivity index (χ1) is 9.86. The molecule has 110 valence electrons. The van der Waals surface area contributed by atoms with E-state index in [0.717, 1.165) is 5.56 Å². The summed E-state index contributed by atoms with van der Waals surface area (Å²) >= 11 is 12.0. The summed E-state index contributed by atoms with van der Waals surface area (Å²) in [4.78, 5) is 14.3. The minimum Gasteiger partial charge on any atom is -0.383 e. The summed E-state index contributed by atoms with van der Waals surface area (Å²) in [6, 6.07) is 7.43. The first kappa shape index (κ1) is 15.3. The van der Waals surface area contributed by atoms with Crippen LogP contribution in [0.25, 0.3) is 0 Å². The van der Waals surface area contributed by atoms with Gasteiger partial charge in [0.25, 0.3) is 5.69 Å². The van der Waals surface area contributed by atoms with Gasteiger partial charge in [0.1, 0.15) is 11.6 Å². The number of hydrogen-bond donors (Lipinski definition) is 2. The quantitative estimate of drug-likeness (QED) is 0.652. The highest BCUT2D eigenvalue weighted by Crippen LogP contribution is 2.29. The van der Waals surface area contributed by atoms with Crippen molar-refractivity contribution in [2.24, 2.45) is 0 Å². The molecule has 0 amide bonds. The van der Waals surface area contributed by atoms with Crippen molar-refractivity contribution in [2.75, 3.05) is 11.1 Å². The molecule has 0 saturated carbocycles. The Morgan fingerprint density at radius 3 is 2.67 bits per heavy atom. The highest BCUT2D eigenvalue weighted by Gasteiger charge is 2.14. The Balaban J connectivity index is 2.27. The lowest BCUT2D eigenvalue weighted by molar-refractivity contribution is -0.384. The topological polar surface area (TPSA) is 94.1 Å². The van der Waals surface area contributed by atoms with Crippen molar-refractivity contribution in [1.82, 2.24) is 4.98 Å². The molecule has 0 spiro atoms. The summed E-state index contributed by atoms with van der Waals surface area (Å²) in [7, 11) is 0. The molecule has 0 aliphatic carbocycles. The van der Waals surface area contributed by atoms with Gasteiger partial charge in [0.15, 0.2) is 0 Å². The molecule has 0 aliphatic rings. The largest absolute Gasteiger partial charge is 0.383 e. The van der Waals surface area contributed by atoms with Crippen LogP contribution in [-0.2, 0) is 0 Å². The number of rotatable bonds is 4. The second kappa shape index (κ2) is 6.15. The minimum absolute atomic E-state index is 0.0705. The number of benzene rings is 1. The Labute approximate surface area is 131 Å². The van der Waals surface area contributed by atoms with Crippen LogP contribution < -0.4 is 11.1 Å². The van der Waals surface area contributed by atoms with Crippen LogP contribution in [0.15, 0.2) is 30.3 Å². The molecule has 0 radical (unpaired) electrons. The van der Waals surface area contributed by atoms with E-state index in [0.29, 0.717) is 15.9 Å². The Bertz CT molecular complexity index is 694. The van der Waals surface area contributed by atoms with Gasteiger partial charge >= 0.3 is 0 Å². The zero-order valence-corrected chi connectivity index (χ0v) is 12.5. The van der Waals surface area contributed by atoms with Crippen LogP contribution in [0.5, 0.6) is 0 Å². The van der Waals surface area contributed by atoms with Crippen molar-refractivity contribution >= 4 is 40.5 Å². The van der Waals surface area contributed by atoms with Gasteiger partial charge in [-0.15, -0.1) is 0 Å². The molecule has 0 fully saturated rings. The molecule has 1 aromatic carbocycles. The Kier molecular flexibility index (Phi) is 4.50. The molecule has 2 rings (SSSR count). The summed E-state index contributed by atoms with van der Waals surface area (Å²) in [6.45, 7) is 1.85. The maximum Gasteiger partial charge on any atom is 0.276 e. The predicted molar refractivity (Wildman–Crippen MR) is 83.8 cm³/mol. The second-order valence-electron chi connectivity index (χ2n) is 4.42. The van der Waals surface area contributed by atoms with Crippen LogP contribution >= 0.6 is 23.2 Å². The molecule has 1 heterocycles. The van der Waals surface area contributed by atoms with E-state index < -0.39 is 4.92 Å². The van der Waals surface area contributed by atoms with Crippen molar-refractivity contribution in [3.8, 4) is 0 Å². The van der Waals surface area contributed by atoms with Gasteiger partial charge in [-0.2, -0.15) is 0 Å². The van der Waals surface area contributed by atoms with Gasteiger partial charge < -0.3 is 11.1 Å². The van der Waals surface area contributed by atoms with E-state index in [1.807, 2.05) is 6.92 Å². The van der Waals surface area contributed by atoms with E-state index in [9.17, 15) is 10.1 Å². The zero-order valence-electron chi connectivity index (χ0n) is 11.0. The molecule has 1 unspecified atom stereocenters. The standard InChI is InChI=1S/C13H12Cl2N4O2/c1-7(10-3-2-8(14)4-11(10)15)17-13-6-9(19(20)21)5-12(16)18-13/h2-7H,1H3,(H3,16,17,18). The summed E-state index contributed by atoms with van der Waals surface area (Å²) < 4.78 is 0. The summed E-state index contributed by atoms with van der Waals surface area (Å²) in [6.07, 6.45) is 0. The van der Waals surface area contributed by atoms with Gasteiger partial charge in [-0.05, 0) is 24.6 Å². The van der Waals surface area contributed by atoms with Crippen LogP contribution in [-0.4, -0.2) is 9.91 Å². The molecule has 21 heavy (non-hydrogen) atoms. The van der Waals surface area contributed by atoms with Gasteiger partial charge in [-0.1, -0.05) is 29.3 Å². The summed E-state index contributed by atoms with van der Waals surface area (Å²) in [5, 5.41) is 14.9. The fourth-order valence-corrected chi connectivity index (χ4v) is 2.44. The highest BCUT2D eigenvalue weighted by molar-refractivity contribution is 6.35. The van der Waals surface area contributed by atoms with Gasteiger partial charge in [0, 0.05) is 10.0 Å². The average molecular weight is 327 g/mol. The fourth-order valence-electron chi connectivity index (χ4n) is 1.87. The first-order valence-electron chi connectivity index (χ1n) is 6.00. The van der Waals surface area contributed by atoms with Gasteiger partial charge in [0.2, 0.25) is 0 Å². The normalized spacial score (nSPS) is 12.0. The van der Waals surface area contributed by atoms with E-state index >= 15 is 0 Å². The molecule has 6 nitrogen and oxygen atoms in total. The summed E-state index contributed by atoms with van der Waals surface area (Å²) in [5.74, 6) is 0.376. The molecule has 8 heteroatoms. The SMILES string of the molecule is CC(Nc1cc([N+](=O)[O-])cc(N)n1)c1ccc(Cl)cc1Cl. The third-order valence-electron chi connectivity index (χ3n) is 2.83. The zero-order chi connectivity index (χ0) is 15.6. The lowest BCUT2D eigenvalue weighted by Crippen LogP contribution is -2.09. The van der Waals surface area contributed by atoms with E-state index in [1.54, 1.807) is 18.2 Å².